The topological polar surface area (TPSA) is 59.0 Å². The lowest BCUT2D eigenvalue weighted by Crippen LogP contribution is -2.46. The average Bonchev–Trinajstić information content (AvgIpc) is 2.92. The number of hydrogen-bond donors (Lipinski definition) is 3. The zero-order valence-electron chi connectivity index (χ0n) is 28.2. The van der Waals surface area contributed by atoms with Crippen LogP contribution in [0.4, 0.5) is 0 Å². The second-order valence-corrected chi connectivity index (χ2v) is 14.2. The van der Waals surface area contributed by atoms with Crippen molar-refractivity contribution in [3.63, 3.8) is 0 Å². The minimum Gasteiger partial charge on any atom is -0.395 e. The third-order valence-electron chi connectivity index (χ3n) is 8.80. The molecule has 1 aliphatic rings. The second kappa shape index (κ2) is 21.1. The maximum Gasteiger partial charge on any atom is 0.0558 e. The Bertz CT molecular complexity index is 942. The number of nitrogens with zero attached hydrogens (tertiary/aromatic N) is 2. The molecule has 1 atom stereocenters. The Kier molecular flexibility index (Phi) is 20.6. The number of piperidine rings is 1. The maximum absolute atomic E-state index is 9.39. The third kappa shape index (κ3) is 14.7. The van der Waals surface area contributed by atoms with Gasteiger partial charge in [0.2, 0.25) is 0 Å². The van der Waals surface area contributed by atoms with Gasteiger partial charge in [-0.05, 0) is 78.3 Å². The smallest absolute Gasteiger partial charge is 0.0558 e. The Morgan fingerprint density at radius 3 is 1.66 bits per heavy atom. The van der Waals surface area contributed by atoms with E-state index >= 15 is 0 Å². The van der Waals surface area contributed by atoms with E-state index < -0.39 is 0 Å². The van der Waals surface area contributed by atoms with Gasteiger partial charge in [0.25, 0.3) is 0 Å². The molecule has 254 valence electrons. The fourth-order valence-corrected chi connectivity index (χ4v) is 6.11. The minimum absolute atomic E-state index is 0. The van der Waals surface area contributed by atoms with Gasteiger partial charge >= 0.3 is 0 Å². The summed E-state index contributed by atoms with van der Waals surface area (Å²) < 4.78 is 0. The van der Waals surface area contributed by atoms with Crippen molar-refractivity contribution in [2.24, 2.45) is 0 Å². The SMILES string of the molecule is CC(C)(C)c1ccc(CC(Cc2ccc(C(C)(C)C)cc2)NCCN2CCCCC2CCN(CCO)CCO)cc1.Cl.Cl.Cl. The zero-order chi connectivity index (χ0) is 29.9. The molecule has 0 radical (unpaired) electrons. The number of nitrogens with one attached hydrogen (secondary N) is 1. The van der Waals surface area contributed by atoms with Crippen molar-refractivity contribution in [2.75, 3.05) is 52.5 Å². The summed E-state index contributed by atoms with van der Waals surface area (Å²) in [5.74, 6) is 0. The highest BCUT2D eigenvalue weighted by Gasteiger charge is 2.23. The van der Waals surface area contributed by atoms with Gasteiger partial charge in [-0.3, -0.25) is 9.80 Å². The van der Waals surface area contributed by atoms with E-state index in [-0.39, 0.29) is 61.3 Å². The fraction of sp³-hybridized carbons (Fsp3) is 0.667. The van der Waals surface area contributed by atoms with Gasteiger partial charge in [-0.2, -0.15) is 0 Å². The molecule has 1 unspecified atom stereocenters. The van der Waals surface area contributed by atoms with Crippen molar-refractivity contribution in [1.29, 1.82) is 0 Å². The largest absolute Gasteiger partial charge is 0.395 e. The van der Waals surface area contributed by atoms with Gasteiger partial charge in [-0.1, -0.05) is 96.5 Å². The molecule has 8 heteroatoms. The summed E-state index contributed by atoms with van der Waals surface area (Å²) in [5.41, 5.74) is 5.90. The molecule has 5 nitrogen and oxygen atoms in total. The number of benzene rings is 2. The van der Waals surface area contributed by atoms with Crippen LogP contribution in [0, 0.1) is 0 Å². The molecule has 0 saturated carbocycles. The van der Waals surface area contributed by atoms with Crippen molar-refractivity contribution in [2.45, 2.75) is 103 Å². The van der Waals surface area contributed by atoms with Crippen LogP contribution >= 0.6 is 37.2 Å². The molecule has 2 aromatic carbocycles. The summed E-state index contributed by atoms with van der Waals surface area (Å²) in [6.07, 6.45) is 6.96. The summed E-state index contributed by atoms with van der Waals surface area (Å²) in [6.45, 7) is 19.4. The van der Waals surface area contributed by atoms with Crippen LogP contribution in [0.2, 0.25) is 0 Å². The number of hydrogen-bond acceptors (Lipinski definition) is 5. The molecule has 1 heterocycles. The van der Waals surface area contributed by atoms with E-state index in [1.165, 1.54) is 48.1 Å². The van der Waals surface area contributed by atoms with E-state index in [0.717, 1.165) is 38.9 Å². The molecule has 0 spiro atoms. The van der Waals surface area contributed by atoms with E-state index in [2.05, 4.69) is 105 Å². The van der Waals surface area contributed by atoms with Crippen molar-refractivity contribution < 1.29 is 10.2 Å². The molecule has 3 N–H and O–H groups in total. The molecule has 3 rings (SSSR count). The Morgan fingerprint density at radius 1 is 0.750 bits per heavy atom. The van der Waals surface area contributed by atoms with Gasteiger partial charge in [0.1, 0.15) is 0 Å². The third-order valence-corrected chi connectivity index (χ3v) is 8.80. The molecule has 0 amide bonds. The molecule has 0 aliphatic carbocycles. The standard InChI is InChI=1S/C36H59N3O2.3ClH/c1-35(2,3)31-14-10-29(11-15-31)27-33(28-30-12-16-32(17-13-30)36(4,5)6)37-19-22-39-20-8-7-9-34(39)18-21-38(23-25-40)24-26-41;;;/h10-17,33-34,37,40-41H,7-9,18-28H2,1-6H3;3*1H. The van der Waals surface area contributed by atoms with Gasteiger partial charge in [-0.15, -0.1) is 37.2 Å². The van der Waals surface area contributed by atoms with Crippen molar-refractivity contribution in [3.05, 3.63) is 70.8 Å². The zero-order valence-corrected chi connectivity index (χ0v) is 30.6. The maximum atomic E-state index is 9.39. The number of rotatable bonds is 15. The number of aliphatic hydroxyl groups excluding tert-OH is 2. The molecule has 2 aromatic rings. The first kappa shape index (κ1) is 43.1. The summed E-state index contributed by atoms with van der Waals surface area (Å²) in [4.78, 5) is 4.87. The minimum atomic E-state index is 0. The molecule has 1 aliphatic heterocycles. The first-order chi connectivity index (χ1) is 19.5. The molecule has 1 fully saturated rings. The van der Waals surface area contributed by atoms with E-state index in [4.69, 9.17) is 0 Å². The molecular formula is C36H62Cl3N3O2. The molecular weight excluding hydrogens is 613 g/mol. The molecule has 0 bridgehead atoms. The van der Waals surface area contributed by atoms with E-state index in [1.807, 2.05) is 0 Å². The monoisotopic (exact) mass is 673 g/mol. The number of halogens is 3. The van der Waals surface area contributed by atoms with Gasteiger partial charge < -0.3 is 15.5 Å². The quantitative estimate of drug-likeness (QED) is 0.194. The van der Waals surface area contributed by atoms with Crippen LogP contribution in [0.15, 0.2) is 48.5 Å². The Morgan fingerprint density at radius 2 is 1.23 bits per heavy atom. The van der Waals surface area contributed by atoms with Gasteiger partial charge in [-0.25, -0.2) is 0 Å². The highest BCUT2D eigenvalue weighted by atomic mass is 35.5. The lowest BCUT2D eigenvalue weighted by Gasteiger charge is -2.37. The van der Waals surface area contributed by atoms with E-state index in [9.17, 15) is 10.2 Å². The van der Waals surface area contributed by atoms with Crippen LogP contribution in [0.1, 0.15) is 89.5 Å². The van der Waals surface area contributed by atoms with Crippen molar-refractivity contribution in [1.82, 2.24) is 15.1 Å². The lowest BCUT2D eigenvalue weighted by atomic mass is 9.85. The molecule has 0 aromatic heterocycles. The molecule has 1 saturated heterocycles. The Balaban J connectivity index is 0.00000616. The van der Waals surface area contributed by atoms with Crippen molar-refractivity contribution >= 4 is 37.2 Å². The van der Waals surface area contributed by atoms with Gasteiger partial charge in [0, 0.05) is 38.3 Å². The van der Waals surface area contributed by atoms with E-state index in [1.54, 1.807) is 0 Å². The van der Waals surface area contributed by atoms with Crippen molar-refractivity contribution in [3.8, 4) is 0 Å². The summed E-state index contributed by atoms with van der Waals surface area (Å²) in [7, 11) is 0. The molecule has 44 heavy (non-hydrogen) atoms. The first-order valence-electron chi connectivity index (χ1n) is 16.1. The Labute approximate surface area is 287 Å². The van der Waals surface area contributed by atoms with Gasteiger partial charge in [0.15, 0.2) is 0 Å². The van der Waals surface area contributed by atoms with E-state index in [0.29, 0.717) is 25.2 Å². The summed E-state index contributed by atoms with van der Waals surface area (Å²) in [5, 5.41) is 22.7. The average molecular weight is 675 g/mol. The predicted octanol–water partition coefficient (Wildman–Crippen LogP) is 6.82. The van der Waals surface area contributed by atoms with Gasteiger partial charge in [0.05, 0.1) is 13.2 Å². The second-order valence-electron chi connectivity index (χ2n) is 14.2. The predicted molar refractivity (Wildman–Crippen MR) is 196 cm³/mol. The number of aliphatic hydroxyl groups is 2. The summed E-state index contributed by atoms with van der Waals surface area (Å²) >= 11 is 0. The lowest BCUT2D eigenvalue weighted by molar-refractivity contribution is 0.110. The summed E-state index contributed by atoms with van der Waals surface area (Å²) in [6, 6.07) is 19.5. The van der Waals surface area contributed by atoms with Crippen LogP contribution in [-0.4, -0.2) is 84.6 Å². The normalized spacial score (nSPS) is 15.9. The highest BCUT2D eigenvalue weighted by Crippen LogP contribution is 2.25. The highest BCUT2D eigenvalue weighted by molar-refractivity contribution is 5.86. The fourth-order valence-electron chi connectivity index (χ4n) is 6.11. The van der Waals surface area contributed by atoms with Crippen LogP contribution in [0.3, 0.4) is 0 Å². The van der Waals surface area contributed by atoms with Crippen LogP contribution in [0.25, 0.3) is 0 Å². The number of likely N-dealkylation sites (tertiary alicyclic amines) is 1. The van der Waals surface area contributed by atoms with Crippen LogP contribution in [-0.2, 0) is 23.7 Å². The van der Waals surface area contributed by atoms with Crippen LogP contribution < -0.4 is 5.32 Å². The first-order valence-corrected chi connectivity index (χ1v) is 16.1. The Hall–Kier alpha value is -0.890. The van der Waals surface area contributed by atoms with Crippen LogP contribution in [0.5, 0.6) is 0 Å².